The third kappa shape index (κ3) is 3.78. The van der Waals surface area contributed by atoms with Gasteiger partial charge in [0.25, 0.3) is 5.91 Å². The van der Waals surface area contributed by atoms with E-state index in [4.69, 9.17) is 9.72 Å². The van der Waals surface area contributed by atoms with Gasteiger partial charge in [0.2, 0.25) is 0 Å². The first kappa shape index (κ1) is 20.1. The first-order valence-electron chi connectivity index (χ1n) is 10.9. The van der Waals surface area contributed by atoms with Crippen molar-refractivity contribution in [3.05, 3.63) is 90.5 Å². The van der Waals surface area contributed by atoms with Gasteiger partial charge in [-0.2, -0.15) is 0 Å². The van der Waals surface area contributed by atoms with Gasteiger partial charge < -0.3 is 14.5 Å². The number of nitrogens with zero attached hydrogens (tertiary/aromatic N) is 3. The van der Waals surface area contributed by atoms with Gasteiger partial charge in [-0.15, -0.1) is 0 Å². The van der Waals surface area contributed by atoms with Crippen molar-refractivity contribution in [3.8, 4) is 17.0 Å². The SMILES string of the molecule is COc1ccccc1N1CCN(C(=O)c2cc(-c3ccccc3)nc3ccccc23)CC1. The predicted molar refractivity (Wildman–Crippen MR) is 128 cm³/mol. The van der Waals surface area contributed by atoms with E-state index >= 15 is 0 Å². The lowest BCUT2D eigenvalue weighted by Gasteiger charge is -2.36. The summed E-state index contributed by atoms with van der Waals surface area (Å²) in [7, 11) is 1.69. The number of rotatable bonds is 4. The van der Waals surface area contributed by atoms with Crippen LogP contribution in [0.4, 0.5) is 5.69 Å². The van der Waals surface area contributed by atoms with E-state index in [1.165, 1.54) is 0 Å². The number of para-hydroxylation sites is 3. The minimum absolute atomic E-state index is 0.0560. The van der Waals surface area contributed by atoms with Gasteiger partial charge in [0.15, 0.2) is 0 Å². The second-order valence-corrected chi connectivity index (χ2v) is 7.89. The molecule has 1 amide bonds. The Bertz CT molecular complexity index is 1250. The largest absolute Gasteiger partial charge is 0.495 e. The van der Waals surface area contributed by atoms with Crippen LogP contribution < -0.4 is 9.64 Å². The summed E-state index contributed by atoms with van der Waals surface area (Å²) >= 11 is 0. The Morgan fingerprint density at radius 1 is 0.844 bits per heavy atom. The van der Waals surface area contributed by atoms with E-state index in [0.717, 1.165) is 46.7 Å². The summed E-state index contributed by atoms with van der Waals surface area (Å²) in [6.45, 7) is 2.85. The number of carbonyl (C=O) groups excluding carboxylic acids is 1. The average Bonchev–Trinajstić information content (AvgIpc) is 2.88. The molecular weight excluding hydrogens is 398 g/mol. The highest BCUT2D eigenvalue weighted by atomic mass is 16.5. The average molecular weight is 424 g/mol. The van der Waals surface area contributed by atoms with Crippen LogP contribution in [0.15, 0.2) is 84.9 Å². The Morgan fingerprint density at radius 3 is 2.31 bits per heavy atom. The normalized spacial score (nSPS) is 13.9. The van der Waals surface area contributed by atoms with Crippen LogP contribution in [0.25, 0.3) is 22.2 Å². The van der Waals surface area contributed by atoms with Crippen LogP contribution in [0.1, 0.15) is 10.4 Å². The molecule has 0 bridgehead atoms. The summed E-state index contributed by atoms with van der Waals surface area (Å²) in [6, 6.07) is 27.9. The zero-order valence-electron chi connectivity index (χ0n) is 18.1. The quantitative estimate of drug-likeness (QED) is 0.470. The molecule has 0 atom stereocenters. The fraction of sp³-hybridized carbons (Fsp3) is 0.185. The second kappa shape index (κ2) is 8.71. The lowest BCUT2D eigenvalue weighted by atomic mass is 10.0. The third-order valence-corrected chi connectivity index (χ3v) is 6.01. The molecule has 5 nitrogen and oxygen atoms in total. The van der Waals surface area contributed by atoms with Crippen molar-refractivity contribution >= 4 is 22.5 Å². The van der Waals surface area contributed by atoms with E-state index in [1.807, 2.05) is 83.8 Å². The second-order valence-electron chi connectivity index (χ2n) is 7.89. The van der Waals surface area contributed by atoms with E-state index < -0.39 is 0 Å². The van der Waals surface area contributed by atoms with Crippen LogP contribution >= 0.6 is 0 Å². The monoisotopic (exact) mass is 423 g/mol. The molecule has 0 radical (unpaired) electrons. The molecule has 2 heterocycles. The van der Waals surface area contributed by atoms with Crippen molar-refractivity contribution in [1.82, 2.24) is 9.88 Å². The minimum atomic E-state index is 0.0560. The molecule has 160 valence electrons. The van der Waals surface area contributed by atoms with Crippen LogP contribution in [0, 0.1) is 0 Å². The highest BCUT2D eigenvalue weighted by molar-refractivity contribution is 6.07. The number of pyridine rings is 1. The summed E-state index contributed by atoms with van der Waals surface area (Å²) < 4.78 is 5.52. The number of amides is 1. The fourth-order valence-corrected chi connectivity index (χ4v) is 4.32. The number of anilines is 1. The number of benzene rings is 3. The summed E-state index contributed by atoms with van der Waals surface area (Å²) in [6.07, 6.45) is 0. The number of piperazine rings is 1. The topological polar surface area (TPSA) is 45.7 Å². The Hall–Kier alpha value is -3.86. The van der Waals surface area contributed by atoms with Crippen molar-refractivity contribution in [3.63, 3.8) is 0 Å². The number of hydrogen-bond acceptors (Lipinski definition) is 4. The summed E-state index contributed by atoms with van der Waals surface area (Å²) in [4.78, 5) is 22.7. The summed E-state index contributed by atoms with van der Waals surface area (Å²) in [5, 5.41) is 0.893. The van der Waals surface area contributed by atoms with Crippen molar-refractivity contribution < 1.29 is 9.53 Å². The number of aromatic nitrogens is 1. The molecular formula is C27H25N3O2. The molecule has 4 aromatic rings. The van der Waals surface area contributed by atoms with Crippen molar-refractivity contribution in [2.75, 3.05) is 38.2 Å². The Kier molecular flexibility index (Phi) is 5.46. The molecule has 0 aliphatic carbocycles. The van der Waals surface area contributed by atoms with Gasteiger partial charge in [0.05, 0.1) is 29.6 Å². The molecule has 32 heavy (non-hydrogen) atoms. The minimum Gasteiger partial charge on any atom is -0.495 e. The van der Waals surface area contributed by atoms with Crippen molar-refractivity contribution in [1.29, 1.82) is 0 Å². The van der Waals surface area contributed by atoms with Crippen LogP contribution in [0.2, 0.25) is 0 Å². The predicted octanol–water partition coefficient (Wildman–Crippen LogP) is 4.87. The number of fused-ring (bicyclic) bond motifs is 1. The van der Waals surface area contributed by atoms with Gasteiger partial charge in [-0.25, -0.2) is 4.98 Å². The lowest BCUT2D eigenvalue weighted by Crippen LogP contribution is -2.49. The molecule has 0 spiro atoms. The molecule has 1 aromatic heterocycles. The van der Waals surface area contributed by atoms with Crippen molar-refractivity contribution in [2.45, 2.75) is 0 Å². The third-order valence-electron chi connectivity index (χ3n) is 6.01. The molecule has 0 unspecified atom stereocenters. The standard InChI is InChI=1S/C27H25N3O2/c1-32-26-14-8-7-13-25(26)29-15-17-30(18-16-29)27(31)22-19-24(20-9-3-2-4-10-20)28-23-12-6-5-11-21(22)23/h2-14,19H,15-18H2,1H3. The smallest absolute Gasteiger partial charge is 0.254 e. The fourth-order valence-electron chi connectivity index (χ4n) is 4.32. The molecule has 1 saturated heterocycles. The Balaban J connectivity index is 1.43. The van der Waals surface area contributed by atoms with Crippen LogP contribution in [-0.4, -0.2) is 49.1 Å². The van der Waals surface area contributed by atoms with Crippen LogP contribution in [0.3, 0.4) is 0 Å². The van der Waals surface area contributed by atoms with Gasteiger partial charge in [-0.1, -0.05) is 60.7 Å². The van der Waals surface area contributed by atoms with Crippen LogP contribution in [0.5, 0.6) is 5.75 Å². The first-order valence-corrected chi connectivity index (χ1v) is 10.9. The first-order chi connectivity index (χ1) is 15.7. The highest BCUT2D eigenvalue weighted by Gasteiger charge is 2.25. The van der Waals surface area contributed by atoms with E-state index in [0.29, 0.717) is 18.7 Å². The lowest BCUT2D eigenvalue weighted by molar-refractivity contribution is 0.0748. The van der Waals surface area contributed by atoms with E-state index in [2.05, 4.69) is 11.0 Å². The maximum absolute atomic E-state index is 13.6. The molecule has 3 aromatic carbocycles. The maximum Gasteiger partial charge on any atom is 0.254 e. The van der Waals surface area contributed by atoms with Crippen LogP contribution in [-0.2, 0) is 0 Å². The maximum atomic E-state index is 13.6. The van der Waals surface area contributed by atoms with E-state index in [1.54, 1.807) is 7.11 Å². The van der Waals surface area contributed by atoms with E-state index in [9.17, 15) is 4.79 Å². The number of carbonyl (C=O) groups is 1. The van der Waals surface area contributed by atoms with E-state index in [-0.39, 0.29) is 5.91 Å². The molecule has 1 fully saturated rings. The zero-order chi connectivity index (χ0) is 21.9. The summed E-state index contributed by atoms with van der Waals surface area (Å²) in [5.41, 5.74) is 4.45. The van der Waals surface area contributed by atoms with Gasteiger partial charge in [0, 0.05) is 37.1 Å². The molecule has 1 aliphatic rings. The van der Waals surface area contributed by atoms with Gasteiger partial charge in [-0.3, -0.25) is 4.79 Å². The molecule has 0 N–H and O–H groups in total. The molecule has 5 rings (SSSR count). The van der Waals surface area contributed by atoms with Gasteiger partial charge in [-0.05, 0) is 24.3 Å². The number of hydrogen-bond donors (Lipinski definition) is 0. The number of methoxy groups -OCH3 is 1. The molecule has 0 saturated carbocycles. The van der Waals surface area contributed by atoms with Gasteiger partial charge in [0.1, 0.15) is 5.75 Å². The Morgan fingerprint density at radius 2 is 1.53 bits per heavy atom. The van der Waals surface area contributed by atoms with Gasteiger partial charge >= 0.3 is 0 Å². The molecule has 1 aliphatic heterocycles. The molecule has 5 heteroatoms. The highest BCUT2D eigenvalue weighted by Crippen LogP contribution is 2.30. The number of ether oxygens (including phenoxy) is 1. The Labute approximate surface area is 187 Å². The zero-order valence-corrected chi connectivity index (χ0v) is 18.1. The van der Waals surface area contributed by atoms with Crippen molar-refractivity contribution in [2.24, 2.45) is 0 Å². The summed E-state index contributed by atoms with van der Waals surface area (Å²) in [5.74, 6) is 0.917.